The zero-order chi connectivity index (χ0) is 21.1. The Morgan fingerprint density at radius 2 is 1.90 bits per heavy atom. The molecular formula is C24H23N3O3. The molecule has 0 aliphatic carbocycles. The lowest BCUT2D eigenvalue weighted by molar-refractivity contribution is -0.110. The van der Waals surface area contributed by atoms with Crippen molar-refractivity contribution in [3.8, 4) is 0 Å². The maximum Gasteiger partial charge on any atom is 0.335 e. The summed E-state index contributed by atoms with van der Waals surface area (Å²) in [6.07, 6.45) is 5.35. The number of para-hydroxylation sites is 1. The molecule has 0 fully saturated rings. The highest BCUT2D eigenvalue weighted by molar-refractivity contribution is 6.34. The van der Waals surface area contributed by atoms with Gasteiger partial charge in [0.05, 0.1) is 16.8 Å². The number of hydrogen-bond acceptors (Lipinski definition) is 3. The largest absolute Gasteiger partial charge is 0.478 e. The Hall–Kier alpha value is -3.67. The van der Waals surface area contributed by atoms with Gasteiger partial charge in [0.1, 0.15) is 5.82 Å². The number of amides is 1. The number of anilines is 1. The van der Waals surface area contributed by atoms with E-state index in [-0.39, 0.29) is 11.5 Å². The van der Waals surface area contributed by atoms with Gasteiger partial charge in [0.25, 0.3) is 5.91 Å². The van der Waals surface area contributed by atoms with Crippen LogP contribution in [0.15, 0.2) is 48.5 Å². The minimum atomic E-state index is -0.943. The van der Waals surface area contributed by atoms with E-state index in [0.717, 1.165) is 53.3 Å². The number of imidazole rings is 1. The molecule has 30 heavy (non-hydrogen) atoms. The van der Waals surface area contributed by atoms with Crippen molar-refractivity contribution >= 4 is 29.2 Å². The number of aromatic nitrogens is 2. The van der Waals surface area contributed by atoms with E-state index in [9.17, 15) is 9.59 Å². The van der Waals surface area contributed by atoms with E-state index in [0.29, 0.717) is 12.0 Å². The van der Waals surface area contributed by atoms with E-state index in [1.807, 2.05) is 42.5 Å². The molecule has 0 atom stereocenters. The van der Waals surface area contributed by atoms with Crippen molar-refractivity contribution in [1.82, 2.24) is 9.97 Å². The summed E-state index contributed by atoms with van der Waals surface area (Å²) in [4.78, 5) is 31.8. The van der Waals surface area contributed by atoms with Crippen molar-refractivity contribution in [1.29, 1.82) is 0 Å². The lowest BCUT2D eigenvalue weighted by atomic mass is 10.0. The Morgan fingerprint density at radius 3 is 2.63 bits per heavy atom. The molecule has 0 spiro atoms. The first-order valence-electron chi connectivity index (χ1n) is 10.1. The number of aromatic amines is 1. The monoisotopic (exact) mass is 401 g/mol. The number of unbranched alkanes of at least 4 members (excludes halogenated alkanes) is 1. The number of nitrogens with zero attached hydrogens (tertiary/aromatic N) is 1. The van der Waals surface area contributed by atoms with Crippen LogP contribution in [0.4, 0.5) is 5.69 Å². The van der Waals surface area contributed by atoms with Crippen LogP contribution in [0.3, 0.4) is 0 Å². The second kappa shape index (κ2) is 8.37. The number of fused-ring (bicyclic) bond motifs is 1. The van der Waals surface area contributed by atoms with E-state index in [1.165, 1.54) is 0 Å². The number of carbonyl (C=O) groups excluding carboxylic acids is 1. The predicted molar refractivity (Wildman–Crippen MR) is 116 cm³/mol. The molecule has 1 aliphatic rings. The van der Waals surface area contributed by atoms with Gasteiger partial charge in [-0.15, -0.1) is 0 Å². The van der Waals surface area contributed by atoms with Gasteiger partial charge in [0.2, 0.25) is 0 Å². The van der Waals surface area contributed by atoms with Crippen LogP contribution in [0.2, 0.25) is 0 Å². The van der Waals surface area contributed by atoms with Crippen molar-refractivity contribution in [2.24, 2.45) is 0 Å². The quantitative estimate of drug-likeness (QED) is 0.507. The second-order valence-electron chi connectivity index (χ2n) is 7.39. The highest BCUT2D eigenvalue weighted by Gasteiger charge is 2.24. The topological polar surface area (TPSA) is 95.1 Å². The molecule has 1 aliphatic heterocycles. The average molecular weight is 401 g/mol. The molecule has 152 valence electrons. The van der Waals surface area contributed by atoms with Gasteiger partial charge in [0.15, 0.2) is 0 Å². The van der Waals surface area contributed by atoms with Crippen molar-refractivity contribution in [2.45, 2.75) is 32.6 Å². The van der Waals surface area contributed by atoms with Gasteiger partial charge < -0.3 is 15.4 Å². The summed E-state index contributed by atoms with van der Waals surface area (Å²) in [5, 5.41) is 12.0. The van der Waals surface area contributed by atoms with E-state index in [4.69, 9.17) is 10.1 Å². The molecule has 6 nitrogen and oxygen atoms in total. The zero-order valence-electron chi connectivity index (χ0n) is 16.7. The lowest BCUT2D eigenvalue weighted by Crippen LogP contribution is -2.04. The van der Waals surface area contributed by atoms with Crippen LogP contribution in [-0.4, -0.2) is 27.0 Å². The molecule has 3 aromatic rings. The SMILES string of the molecule is CCCCc1nc(C=C2C(=O)Nc3ccccc32)c(Cc2ccc(C(=O)O)cc2)[nH]1. The van der Waals surface area contributed by atoms with Crippen molar-refractivity contribution < 1.29 is 14.7 Å². The number of carboxylic acids is 1. The summed E-state index contributed by atoms with van der Waals surface area (Å²) in [6.45, 7) is 2.14. The lowest BCUT2D eigenvalue weighted by Gasteiger charge is -2.03. The normalized spacial score (nSPS) is 14.0. The number of nitrogens with one attached hydrogen (secondary N) is 2. The molecule has 2 aromatic carbocycles. The van der Waals surface area contributed by atoms with Crippen molar-refractivity contribution in [3.05, 3.63) is 82.4 Å². The molecule has 1 amide bonds. The fourth-order valence-corrected chi connectivity index (χ4v) is 3.58. The first-order chi connectivity index (χ1) is 14.5. The summed E-state index contributed by atoms with van der Waals surface area (Å²) >= 11 is 0. The Kier molecular flexibility index (Phi) is 5.48. The smallest absolute Gasteiger partial charge is 0.335 e. The average Bonchev–Trinajstić information content (AvgIpc) is 3.27. The highest BCUT2D eigenvalue weighted by Crippen LogP contribution is 2.33. The van der Waals surface area contributed by atoms with E-state index >= 15 is 0 Å². The van der Waals surface area contributed by atoms with Gasteiger partial charge >= 0.3 is 5.97 Å². The van der Waals surface area contributed by atoms with Crippen LogP contribution in [-0.2, 0) is 17.6 Å². The van der Waals surface area contributed by atoms with Crippen LogP contribution < -0.4 is 5.32 Å². The number of carboxylic acid groups (broad SMARTS) is 1. The molecule has 4 rings (SSSR count). The van der Waals surface area contributed by atoms with Crippen LogP contribution in [0.1, 0.15) is 58.5 Å². The number of H-pyrrole nitrogens is 1. The molecule has 1 aromatic heterocycles. The number of aromatic carboxylic acids is 1. The third kappa shape index (κ3) is 4.03. The molecular weight excluding hydrogens is 378 g/mol. The molecule has 0 radical (unpaired) electrons. The number of benzene rings is 2. The first kappa shape index (κ1) is 19.6. The number of aryl methyl sites for hydroxylation is 1. The molecule has 0 bridgehead atoms. The fourth-order valence-electron chi connectivity index (χ4n) is 3.58. The van der Waals surface area contributed by atoms with Crippen LogP contribution in [0.5, 0.6) is 0 Å². The van der Waals surface area contributed by atoms with Gasteiger partial charge in [-0.05, 0) is 36.3 Å². The molecule has 6 heteroatoms. The minimum Gasteiger partial charge on any atom is -0.478 e. The van der Waals surface area contributed by atoms with E-state index in [1.54, 1.807) is 12.1 Å². The van der Waals surface area contributed by atoms with Gasteiger partial charge in [-0.2, -0.15) is 0 Å². The van der Waals surface area contributed by atoms with Gasteiger partial charge in [0, 0.05) is 29.8 Å². The maximum absolute atomic E-state index is 12.5. The number of hydrogen-bond donors (Lipinski definition) is 3. The Balaban J connectivity index is 1.69. The molecule has 3 N–H and O–H groups in total. The molecule has 0 saturated heterocycles. The third-order valence-electron chi connectivity index (χ3n) is 5.20. The molecule has 2 heterocycles. The van der Waals surface area contributed by atoms with E-state index in [2.05, 4.69) is 17.2 Å². The number of carbonyl (C=O) groups is 2. The summed E-state index contributed by atoms with van der Waals surface area (Å²) in [7, 11) is 0. The minimum absolute atomic E-state index is 0.133. The van der Waals surface area contributed by atoms with Gasteiger partial charge in [-0.3, -0.25) is 4.79 Å². The fraction of sp³-hybridized carbons (Fsp3) is 0.208. The second-order valence-corrected chi connectivity index (χ2v) is 7.39. The summed E-state index contributed by atoms with van der Waals surface area (Å²) < 4.78 is 0. The van der Waals surface area contributed by atoms with Crippen molar-refractivity contribution in [3.63, 3.8) is 0 Å². The summed E-state index contributed by atoms with van der Waals surface area (Å²) in [6, 6.07) is 14.4. The Labute approximate surface area is 174 Å². The highest BCUT2D eigenvalue weighted by atomic mass is 16.4. The van der Waals surface area contributed by atoms with Gasteiger partial charge in [-0.25, -0.2) is 9.78 Å². The third-order valence-corrected chi connectivity index (χ3v) is 5.20. The van der Waals surface area contributed by atoms with Crippen LogP contribution >= 0.6 is 0 Å². The maximum atomic E-state index is 12.5. The standard InChI is InChI=1S/C24H23N3O3/c1-2-3-8-22-25-20(13-15-9-11-16(12-10-15)24(29)30)21(26-22)14-18-17-6-4-5-7-19(17)27-23(18)28/h4-7,9-12,14H,2-3,8,13H2,1H3,(H,25,26)(H,27,28)(H,29,30). The Bertz CT molecular complexity index is 1130. The first-order valence-corrected chi connectivity index (χ1v) is 10.1. The van der Waals surface area contributed by atoms with E-state index < -0.39 is 5.97 Å². The predicted octanol–water partition coefficient (Wildman–Crippen LogP) is 4.53. The molecule has 0 saturated carbocycles. The van der Waals surface area contributed by atoms with Crippen LogP contribution in [0.25, 0.3) is 11.6 Å². The van der Waals surface area contributed by atoms with Gasteiger partial charge in [-0.1, -0.05) is 43.7 Å². The summed E-state index contributed by atoms with van der Waals surface area (Å²) in [5.74, 6) is -0.181. The zero-order valence-corrected chi connectivity index (χ0v) is 16.7. The van der Waals surface area contributed by atoms with Crippen LogP contribution in [0, 0.1) is 0 Å². The summed E-state index contributed by atoms with van der Waals surface area (Å²) in [5.41, 5.74) is 5.16. The number of rotatable bonds is 7. The van der Waals surface area contributed by atoms with Crippen molar-refractivity contribution in [2.75, 3.05) is 5.32 Å². The molecule has 0 unspecified atom stereocenters. The Morgan fingerprint density at radius 1 is 1.13 bits per heavy atom.